The molecule has 1 atom stereocenters. The summed E-state index contributed by atoms with van der Waals surface area (Å²) < 4.78 is 11.5. The number of urea groups is 1. The topological polar surface area (TPSA) is 81.7 Å². The number of hydrogen-bond donors (Lipinski definition) is 2. The number of hydrogen-bond acceptors (Lipinski definition) is 6. The Labute approximate surface area is 172 Å². The fourth-order valence-electron chi connectivity index (χ4n) is 2.20. The quantitative estimate of drug-likeness (QED) is 0.468. The summed E-state index contributed by atoms with van der Waals surface area (Å²) in [5, 5.41) is 3.09. The Balaban J connectivity index is 1.55. The van der Waals surface area contributed by atoms with Crippen LogP contribution in [0.2, 0.25) is 0 Å². The van der Waals surface area contributed by atoms with Gasteiger partial charge in [0.1, 0.15) is 22.1 Å². The molecule has 0 bridgehead atoms. The van der Waals surface area contributed by atoms with Gasteiger partial charge < -0.3 is 14.8 Å². The molecule has 1 aromatic heterocycles. The SMILES string of the molecule is CONC(=O)NC(C)C#Cc1cnc(Oc2ccc(Oc3ccccc3)cc2)s1. The minimum Gasteiger partial charge on any atom is -0.457 e. The number of rotatable bonds is 6. The van der Waals surface area contributed by atoms with Gasteiger partial charge in [-0.25, -0.2) is 15.3 Å². The molecule has 0 spiro atoms. The van der Waals surface area contributed by atoms with E-state index < -0.39 is 6.03 Å². The molecule has 0 radical (unpaired) electrons. The van der Waals surface area contributed by atoms with Crippen molar-refractivity contribution < 1.29 is 19.1 Å². The maximum Gasteiger partial charge on any atom is 0.339 e. The summed E-state index contributed by atoms with van der Waals surface area (Å²) in [6.45, 7) is 1.76. The minimum absolute atomic E-state index is 0.353. The smallest absolute Gasteiger partial charge is 0.339 e. The number of aromatic nitrogens is 1. The van der Waals surface area contributed by atoms with Gasteiger partial charge in [0.15, 0.2) is 0 Å². The van der Waals surface area contributed by atoms with Gasteiger partial charge in [-0.05, 0) is 43.3 Å². The number of hydroxylamine groups is 1. The van der Waals surface area contributed by atoms with Crippen LogP contribution in [-0.2, 0) is 4.84 Å². The third kappa shape index (κ3) is 6.53. The Bertz CT molecular complexity index is 994. The van der Waals surface area contributed by atoms with E-state index in [9.17, 15) is 4.79 Å². The van der Waals surface area contributed by atoms with Gasteiger partial charge in [-0.1, -0.05) is 41.4 Å². The molecule has 8 heteroatoms. The van der Waals surface area contributed by atoms with E-state index in [1.807, 2.05) is 54.6 Å². The first kappa shape index (κ1) is 20.2. The summed E-state index contributed by atoms with van der Waals surface area (Å²) in [5.41, 5.74) is 2.17. The number of thiazole rings is 1. The number of carbonyl (C=O) groups is 1. The van der Waals surface area contributed by atoms with Crippen LogP contribution in [-0.4, -0.2) is 24.2 Å². The van der Waals surface area contributed by atoms with Crippen LogP contribution in [0.5, 0.6) is 22.4 Å². The van der Waals surface area contributed by atoms with Gasteiger partial charge in [0, 0.05) is 0 Å². The predicted octanol–water partition coefficient (Wildman–Crippen LogP) is 4.33. The van der Waals surface area contributed by atoms with Gasteiger partial charge in [-0.3, -0.25) is 4.84 Å². The average molecular weight is 409 g/mol. The molecule has 3 aromatic rings. The van der Waals surface area contributed by atoms with Crippen LogP contribution in [0.4, 0.5) is 4.79 Å². The number of nitrogens with one attached hydrogen (secondary N) is 2. The lowest BCUT2D eigenvalue weighted by molar-refractivity contribution is 0.107. The van der Waals surface area contributed by atoms with Crippen molar-refractivity contribution in [2.45, 2.75) is 13.0 Å². The van der Waals surface area contributed by atoms with Crippen LogP contribution in [0.25, 0.3) is 0 Å². The molecule has 148 valence electrons. The predicted molar refractivity (Wildman–Crippen MR) is 110 cm³/mol. The van der Waals surface area contributed by atoms with Crippen molar-refractivity contribution in [1.82, 2.24) is 15.8 Å². The van der Waals surface area contributed by atoms with Crippen molar-refractivity contribution in [1.29, 1.82) is 0 Å². The molecule has 0 aliphatic rings. The third-order valence-corrected chi connectivity index (χ3v) is 4.24. The first-order valence-corrected chi connectivity index (χ1v) is 9.51. The van der Waals surface area contributed by atoms with Gasteiger partial charge >= 0.3 is 6.03 Å². The van der Waals surface area contributed by atoms with E-state index in [4.69, 9.17) is 9.47 Å². The summed E-state index contributed by atoms with van der Waals surface area (Å²) in [7, 11) is 1.36. The maximum absolute atomic E-state index is 11.3. The van der Waals surface area contributed by atoms with Crippen LogP contribution < -0.4 is 20.3 Å². The molecule has 2 N–H and O–H groups in total. The Morgan fingerprint density at radius 1 is 1.03 bits per heavy atom. The fraction of sp³-hybridized carbons (Fsp3) is 0.143. The second-order valence-corrected chi connectivity index (χ2v) is 6.74. The molecule has 3 rings (SSSR count). The fourth-order valence-corrected chi connectivity index (χ4v) is 2.85. The van der Waals surface area contributed by atoms with Crippen molar-refractivity contribution in [3.8, 4) is 34.3 Å². The van der Waals surface area contributed by atoms with E-state index in [1.54, 1.807) is 13.1 Å². The van der Waals surface area contributed by atoms with Crippen molar-refractivity contribution in [3.05, 3.63) is 65.7 Å². The molecular formula is C21H19N3O4S. The first-order chi connectivity index (χ1) is 14.1. The zero-order chi connectivity index (χ0) is 20.5. The molecule has 2 amide bonds. The minimum atomic E-state index is -0.456. The van der Waals surface area contributed by atoms with Crippen LogP contribution in [0.1, 0.15) is 11.8 Å². The summed E-state index contributed by atoms with van der Waals surface area (Å²) >= 11 is 1.31. The molecule has 29 heavy (non-hydrogen) atoms. The second-order valence-electron chi connectivity index (χ2n) is 5.75. The Morgan fingerprint density at radius 2 is 1.69 bits per heavy atom. The molecule has 2 aromatic carbocycles. The zero-order valence-electron chi connectivity index (χ0n) is 15.8. The highest BCUT2D eigenvalue weighted by Gasteiger charge is 2.06. The first-order valence-electron chi connectivity index (χ1n) is 8.70. The number of amides is 2. The molecule has 0 aliphatic heterocycles. The van der Waals surface area contributed by atoms with E-state index in [1.165, 1.54) is 18.4 Å². The molecule has 0 fully saturated rings. The molecule has 7 nitrogen and oxygen atoms in total. The van der Waals surface area contributed by atoms with E-state index in [0.29, 0.717) is 16.7 Å². The van der Waals surface area contributed by atoms with Crippen LogP contribution >= 0.6 is 11.3 Å². The maximum atomic E-state index is 11.3. The largest absolute Gasteiger partial charge is 0.457 e. The third-order valence-electron chi connectivity index (χ3n) is 3.45. The van der Waals surface area contributed by atoms with Gasteiger partial charge in [0.2, 0.25) is 0 Å². The van der Waals surface area contributed by atoms with E-state index in [0.717, 1.165) is 10.6 Å². The van der Waals surface area contributed by atoms with Gasteiger partial charge in [0.25, 0.3) is 5.19 Å². The molecule has 1 heterocycles. The van der Waals surface area contributed by atoms with E-state index >= 15 is 0 Å². The Morgan fingerprint density at radius 3 is 2.38 bits per heavy atom. The number of ether oxygens (including phenoxy) is 2. The summed E-state index contributed by atoms with van der Waals surface area (Å²) in [6, 6.07) is 16.0. The van der Waals surface area contributed by atoms with Crippen LogP contribution in [0.15, 0.2) is 60.8 Å². The normalized spacial score (nSPS) is 11.0. The van der Waals surface area contributed by atoms with Crippen molar-refractivity contribution in [2.24, 2.45) is 0 Å². The number of nitrogens with zero attached hydrogens (tertiary/aromatic N) is 1. The molecule has 0 saturated heterocycles. The summed E-state index contributed by atoms with van der Waals surface area (Å²) in [5.74, 6) is 8.01. The standard InChI is InChI=1S/C21H19N3O4S/c1-15(23-20(25)24-26-2)8-13-19-14-22-21(29-19)28-18-11-9-17(10-12-18)27-16-6-4-3-5-7-16/h3-7,9-12,14-15H,1-2H3,(H2,23,24,25). The number of benzene rings is 2. The summed E-state index contributed by atoms with van der Waals surface area (Å²) in [6.07, 6.45) is 1.63. The highest BCUT2D eigenvalue weighted by atomic mass is 32.1. The monoisotopic (exact) mass is 409 g/mol. The van der Waals surface area contributed by atoms with Gasteiger partial charge in [0.05, 0.1) is 19.3 Å². The Kier molecular flexibility index (Phi) is 7.05. The number of carbonyl (C=O) groups excluding carboxylic acids is 1. The lowest BCUT2D eigenvalue weighted by Gasteiger charge is -2.07. The second kappa shape index (κ2) is 10.1. The lowest BCUT2D eigenvalue weighted by atomic mass is 10.3. The molecule has 0 aliphatic carbocycles. The molecular weight excluding hydrogens is 390 g/mol. The molecule has 0 saturated carbocycles. The molecule has 1 unspecified atom stereocenters. The average Bonchev–Trinajstić information content (AvgIpc) is 3.16. The van der Waals surface area contributed by atoms with E-state index in [-0.39, 0.29) is 6.04 Å². The number of para-hydroxylation sites is 1. The van der Waals surface area contributed by atoms with Gasteiger partial charge in [-0.15, -0.1) is 0 Å². The lowest BCUT2D eigenvalue weighted by Crippen LogP contribution is -2.39. The van der Waals surface area contributed by atoms with Crippen molar-refractivity contribution in [2.75, 3.05) is 7.11 Å². The van der Waals surface area contributed by atoms with Crippen LogP contribution in [0, 0.1) is 11.8 Å². The summed E-state index contributed by atoms with van der Waals surface area (Å²) in [4.78, 5) is 20.8. The van der Waals surface area contributed by atoms with Crippen molar-refractivity contribution >= 4 is 17.4 Å². The van der Waals surface area contributed by atoms with E-state index in [2.05, 4.69) is 32.5 Å². The zero-order valence-corrected chi connectivity index (χ0v) is 16.7. The van der Waals surface area contributed by atoms with Gasteiger partial charge in [-0.2, -0.15) is 0 Å². The van der Waals surface area contributed by atoms with Crippen LogP contribution in [0.3, 0.4) is 0 Å². The highest BCUT2D eigenvalue weighted by Crippen LogP contribution is 2.28. The highest BCUT2D eigenvalue weighted by molar-refractivity contribution is 7.13. The Hall–Kier alpha value is -3.54. The van der Waals surface area contributed by atoms with Crippen molar-refractivity contribution in [3.63, 3.8) is 0 Å².